The largest absolute Gasteiger partial charge is 0.454 e. The molecule has 1 fully saturated rings. The van der Waals surface area contributed by atoms with Crippen LogP contribution in [0.25, 0.3) is 11.1 Å². The Balaban J connectivity index is 1.50. The zero-order chi connectivity index (χ0) is 16.8. The van der Waals surface area contributed by atoms with Gasteiger partial charge in [-0.2, -0.15) is 0 Å². The summed E-state index contributed by atoms with van der Waals surface area (Å²) in [5.41, 5.74) is 2.84. The average molecular weight is 325 g/mol. The highest BCUT2D eigenvalue weighted by atomic mass is 16.6. The van der Waals surface area contributed by atoms with Gasteiger partial charge in [-0.25, -0.2) is 4.79 Å². The predicted octanol–water partition coefficient (Wildman–Crippen LogP) is 3.01. The van der Waals surface area contributed by atoms with Gasteiger partial charge in [-0.3, -0.25) is 4.79 Å². The maximum Gasteiger partial charge on any atom is 0.335 e. The van der Waals surface area contributed by atoms with Gasteiger partial charge >= 0.3 is 5.97 Å². The third-order valence-corrected chi connectivity index (χ3v) is 3.81. The molecule has 3 rings (SSSR count). The van der Waals surface area contributed by atoms with Gasteiger partial charge in [-0.05, 0) is 36.1 Å². The summed E-state index contributed by atoms with van der Waals surface area (Å²) in [6, 6.07) is 17.5. The third-order valence-electron chi connectivity index (χ3n) is 3.81. The van der Waals surface area contributed by atoms with E-state index in [0.29, 0.717) is 18.7 Å². The number of hydrogen-bond donors (Lipinski definition) is 1. The lowest BCUT2D eigenvalue weighted by Gasteiger charge is -2.10. The van der Waals surface area contributed by atoms with Crippen LogP contribution in [0.2, 0.25) is 0 Å². The Hall–Kier alpha value is -2.66. The lowest BCUT2D eigenvalue weighted by molar-refractivity contribution is -0.156. The Morgan fingerprint density at radius 1 is 1.04 bits per heavy atom. The molecule has 24 heavy (non-hydrogen) atoms. The Morgan fingerprint density at radius 2 is 1.75 bits per heavy atom. The van der Waals surface area contributed by atoms with Gasteiger partial charge in [0.25, 0.3) is 5.91 Å². The lowest BCUT2D eigenvalue weighted by Crippen LogP contribution is -2.27. The van der Waals surface area contributed by atoms with Crippen LogP contribution in [0.5, 0.6) is 0 Å². The molecule has 1 amide bonds. The minimum atomic E-state index is -0.525. The predicted molar refractivity (Wildman–Crippen MR) is 90.4 cm³/mol. The standard InChI is InChI=1S/C19H19NO4/c21-18(13-24-19(22)17-7-4-12-23-17)20-16-10-8-15(9-11-16)14-5-2-1-3-6-14/h1-3,5-6,8-11,17H,4,7,12-13H2,(H,20,21)/t17-/m0/s1. The minimum Gasteiger partial charge on any atom is -0.454 e. The molecule has 0 aromatic heterocycles. The van der Waals surface area contributed by atoms with Gasteiger partial charge < -0.3 is 14.8 Å². The van der Waals surface area contributed by atoms with Crippen molar-refractivity contribution in [1.82, 2.24) is 0 Å². The first-order valence-electron chi connectivity index (χ1n) is 7.96. The number of esters is 1. The first kappa shape index (κ1) is 16.2. The average Bonchev–Trinajstić information content (AvgIpc) is 3.16. The second-order valence-electron chi connectivity index (χ2n) is 5.60. The fourth-order valence-electron chi connectivity index (χ4n) is 2.57. The number of anilines is 1. The molecule has 1 saturated heterocycles. The van der Waals surface area contributed by atoms with Gasteiger partial charge in [0.15, 0.2) is 12.7 Å². The van der Waals surface area contributed by atoms with Crippen molar-refractivity contribution in [3.8, 4) is 11.1 Å². The number of benzene rings is 2. The molecule has 2 aromatic rings. The van der Waals surface area contributed by atoms with Crippen LogP contribution in [0.3, 0.4) is 0 Å². The molecule has 0 bridgehead atoms. The molecule has 2 aromatic carbocycles. The van der Waals surface area contributed by atoms with Crippen molar-refractivity contribution in [2.75, 3.05) is 18.5 Å². The summed E-state index contributed by atoms with van der Waals surface area (Å²) in [7, 11) is 0. The van der Waals surface area contributed by atoms with Crippen molar-refractivity contribution < 1.29 is 19.1 Å². The van der Waals surface area contributed by atoms with Crippen LogP contribution < -0.4 is 5.32 Å². The fraction of sp³-hybridized carbons (Fsp3) is 0.263. The van der Waals surface area contributed by atoms with E-state index in [1.54, 1.807) is 0 Å². The number of amides is 1. The highest BCUT2D eigenvalue weighted by Gasteiger charge is 2.25. The van der Waals surface area contributed by atoms with E-state index in [1.807, 2.05) is 54.6 Å². The second-order valence-corrected chi connectivity index (χ2v) is 5.60. The Bertz CT molecular complexity index is 691. The van der Waals surface area contributed by atoms with Crippen molar-refractivity contribution in [3.63, 3.8) is 0 Å². The van der Waals surface area contributed by atoms with E-state index in [9.17, 15) is 9.59 Å². The topological polar surface area (TPSA) is 64.6 Å². The molecule has 0 radical (unpaired) electrons. The normalized spacial score (nSPS) is 16.6. The number of carbonyl (C=O) groups is 2. The van der Waals surface area contributed by atoms with Crippen molar-refractivity contribution in [3.05, 3.63) is 54.6 Å². The van der Waals surface area contributed by atoms with E-state index in [2.05, 4.69) is 5.32 Å². The monoisotopic (exact) mass is 325 g/mol. The van der Waals surface area contributed by atoms with Gasteiger partial charge in [-0.1, -0.05) is 42.5 Å². The summed E-state index contributed by atoms with van der Waals surface area (Å²) in [6.07, 6.45) is 0.976. The van der Waals surface area contributed by atoms with Crippen LogP contribution in [0.1, 0.15) is 12.8 Å². The molecule has 1 heterocycles. The SMILES string of the molecule is O=C(COC(=O)[C@@H]1CCCO1)Nc1ccc(-c2ccccc2)cc1. The molecule has 0 aliphatic carbocycles. The molecule has 0 spiro atoms. The summed E-state index contributed by atoms with van der Waals surface area (Å²) >= 11 is 0. The molecule has 5 heteroatoms. The summed E-state index contributed by atoms with van der Waals surface area (Å²) in [6.45, 7) is 0.263. The summed E-state index contributed by atoms with van der Waals surface area (Å²) in [4.78, 5) is 23.5. The van der Waals surface area contributed by atoms with Crippen molar-refractivity contribution in [2.24, 2.45) is 0 Å². The summed E-state index contributed by atoms with van der Waals surface area (Å²) < 4.78 is 10.2. The molecule has 1 N–H and O–H groups in total. The van der Waals surface area contributed by atoms with Crippen LogP contribution in [-0.4, -0.2) is 31.2 Å². The molecule has 0 unspecified atom stereocenters. The number of rotatable bonds is 5. The van der Waals surface area contributed by atoms with Gasteiger partial charge in [0.05, 0.1) is 0 Å². The van der Waals surface area contributed by atoms with Gasteiger partial charge in [-0.15, -0.1) is 0 Å². The maximum absolute atomic E-state index is 11.9. The van der Waals surface area contributed by atoms with Gasteiger partial charge in [0, 0.05) is 12.3 Å². The van der Waals surface area contributed by atoms with Gasteiger partial charge in [0.1, 0.15) is 0 Å². The molecule has 1 aliphatic heterocycles. The highest BCUT2D eigenvalue weighted by Crippen LogP contribution is 2.21. The number of hydrogen-bond acceptors (Lipinski definition) is 4. The first-order chi connectivity index (χ1) is 11.7. The first-order valence-corrected chi connectivity index (χ1v) is 7.96. The maximum atomic E-state index is 11.9. The number of carbonyl (C=O) groups excluding carboxylic acids is 2. The molecular weight excluding hydrogens is 306 g/mol. The minimum absolute atomic E-state index is 0.306. The molecular formula is C19H19NO4. The van der Waals surface area contributed by atoms with E-state index < -0.39 is 12.1 Å². The Morgan fingerprint density at radius 3 is 2.42 bits per heavy atom. The quantitative estimate of drug-likeness (QED) is 0.858. The van der Waals surface area contributed by atoms with Crippen LogP contribution in [-0.2, 0) is 19.1 Å². The van der Waals surface area contributed by atoms with Gasteiger partial charge in [0.2, 0.25) is 0 Å². The third kappa shape index (κ3) is 4.20. The Labute approximate surface area is 140 Å². The molecule has 0 saturated carbocycles. The van der Waals surface area contributed by atoms with Crippen molar-refractivity contribution in [2.45, 2.75) is 18.9 Å². The fourth-order valence-corrected chi connectivity index (χ4v) is 2.57. The van der Waals surface area contributed by atoms with Crippen molar-refractivity contribution in [1.29, 1.82) is 0 Å². The van der Waals surface area contributed by atoms with E-state index in [4.69, 9.17) is 9.47 Å². The van der Waals surface area contributed by atoms with Crippen molar-refractivity contribution >= 4 is 17.6 Å². The van der Waals surface area contributed by atoms with E-state index in [0.717, 1.165) is 17.5 Å². The van der Waals surface area contributed by atoms with E-state index in [1.165, 1.54) is 0 Å². The lowest BCUT2D eigenvalue weighted by atomic mass is 10.1. The van der Waals surface area contributed by atoms with Crippen LogP contribution >= 0.6 is 0 Å². The highest BCUT2D eigenvalue weighted by molar-refractivity contribution is 5.93. The van der Waals surface area contributed by atoms with E-state index in [-0.39, 0.29) is 12.5 Å². The zero-order valence-electron chi connectivity index (χ0n) is 13.2. The second kappa shape index (κ2) is 7.75. The molecule has 5 nitrogen and oxygen atoms in total. The number of ether oxygens (including phenoxy) is 2. The summed E-state index contributed by atoms with van der Waals surface area (Å²) in [5, 5.41) is 2.71. The molecule has 1 aliphatic rings. The van der Waals surface area contributed by atoms with Crippen LogP contribution in [0.15, 0.2) is 54.6 Å². The molecule has 1 atom stereocenters. The molecule has 124 valence electrons. The smallest absolute Gasteiger partial charge is 0.335 e. The summed E-state index contributed by atoms with van der Waals surface area (Å²) in [5.74, 6) is -0.837. The zero-order valence-corrected chi connectivity index (χ0v) is 13.2. The Kier molecular flexibility index (Phi) is 5.23. The van der Waals surface area contributed by atoms with Crippen LogP contribution in [0, 0.1) is 0 Å². The van der Waals surface area contributed by atoms with E-state index >= 15 is 0 Å². The van der Waals surface area contributed by atoms with Crippen LogP contribution in [0.4, 0.5) is 5.69 Å². The number of nitrogens with one attached hydrogen (secondary N) is 1.